The van der Waals surface area contributed by atoms with Gasteiger partial charge in [-0.3, -0.25) is 4.79 Å². The zero-order chi connectivity index (χ0) is 15.9. The first-order valence-corrected chi connectivity index (χ1v) is 7.82. The van der Waals surface area contributed by atoms with Gasteiger partial charge in [-0.05, 0) is 25.7 Å². The van der Waals surface area contributed by atoms with Crippen LogP contribution < -0.4 is 5.73 Å². The molecule has 2 aromatic rings. The van der Waals surface area contributed by atoms with Crippen molar-refractivity contribution in [1.82, 2.24) is 19.6 Å². The second-order valence-electron chi connectivity index (χ2n) is 5.41. The van der Waals surface area contributed by atoms with Crippen LogP contribution in [-0.2, 0) is 17.6 Å². The number of hydrogen-bond acceptors (Lipinski definition) is 5. The zero-order valence-corrected chi connectivity index (χ0v) is 13.0. The van der Waals surface area contributed by atoms with Crippen LogP contribution in [0.3, 0.4) is 0 Å². The highest BCUT2D eigenvalue weighted by molar-refractivity contribution is 5.66. The lowest BCUT2D eigenvalue weighted by Crippen LogP contribution is -2.10. The Labute approximate surface area is 129 Å². The molecule has 0 atom stereocenters. The molecular formula is C15H23N5O2. The SMILES string of the molecule is CCc1nc2ncnn2c(N)c1CCCCCCCC(=O)O. The Bertz CT molecular complexity index is 638. The van der Waals surface area contributed by atoms with Crippen LogP contribution >= 0.6 is 0 Å². The molecule has 7 heteroatoms. The van der Waals surface area contributed by atoms with Crippen LogP contribution in [-0.4, -0.2) is 30.7 Å². The summed E-state index contributed by atoms with van der Waals surface area (Å²) in [6.45, 7) is 2.06. The summed E-state index contributed by atoms with van der Waals surface area (Å²) in [6.07, 6.45) is 8.27. The second-order valence-corrected chi connectivity index (χ2v) is 5.41. The summed E-state index contributed by atoms with van der Waals surface area (Å²) in [4.78, 5) is 19.0. The minimum atomic E-state index is -0.715. The molecule has 3 N–H and O–H groups in total. The Hall–Kier alpha value is -2.18. The molecule has 7 nitrogen and oxygen atoms in total. The molecule has 22 heavy (non-hydrogen) atoms. The number of carboxylic acids is 1. The van der Waals surface area contributed by atoms with Crippen LogP contribution in [0.15, 0.2) is 6.33 Å². The molecule has 0 spiro atoms. The van der Waals surface area contributed by atoms with E-state index >= 15 is 0 Å². The number of carbonyl (C=O) groups is 1. The molecule has 2 heterocycles. The minimum absolute atomic E-state index is 0.264. The molecule has 0 saturated carbocycles. The predicted molar refractivity (Wildman–Crippen MR) is 83.6 cm³/mol. The van der Waals surface area contributed by atoms with Crippen molar-refractivity contribution in [2.75, 3.05) is 5.73 Å². The lowest BCUT2D eigenvalue weighted by Gasteiger charge is -2.11. The van der Waals surface area contributed by atoms with E-state index in [1.807, 2.05) is 0 Å². The van der Waals surface area contributed by atoms with E-state index in [1.54, 1.807) is 4.52 Å². The van der Waals surface area contributed by atoms with Crippen LogP contribution in [0.5, 0.6) is 0 Å². The van der Waals surface area contributed by atoms with Crippen molar-refractivity contribution in [3.05, 3.63) is 17.6 Å². The first-order chi connectivity index (χ1) is 10.6. The third-order valence-electron chi connectivity index (χ3n) is 3.80. The summed E-state index contributed by atoms with van der Waals surface area (Å²) in [5.74, 6) is 0.463. The van der Waals surface area contributed by atoms with E-state index in [1.165, 1.54) is 6.33 Å². The number of unbranched alkanes of at least 4 members (excludes halogenated alkanes) is 4. The van der Waals surface area contributed by atoms with Crippen molar-refractivity contribution in [1.29, 1.82) is 0 Å². The largest absolute Gasteiger partial charge is 0.481 e. The third kappa shape index (κ3) is 3.93. The molecule has 0 amide bonds. The number of aromatic nitrogens is 4. The summed E-state index contributed by atoms with van der Waals surface area (Å²) in [7, 11) is 0. The van der Waals surface area contributed by atoms with Gasteiger partial charge >= 0.3 is 5.97 Å². The van der Waals surface area contributed by atoms with Crippen molar-refractivity contribution in [3.63, 3.8) is 0 Å². The Kier molecular flexibility index (Phi) is 5.68. The van der Waals surface area contributed by atoms with E-state index in [0.29, 0.717) is 11.6 Å². The summed E-state index contributed by atoms with van der Waals surface area (Å²) in [6, 6.07) is 0. The van der Waals surface area contributed by atoms with Crippen LogP contribution in [0.2, 0.25) is 0 Å². The highest BCUT2D eigenvalue weighted by atomic mass is 16.4. The van der Waals surface area contributed by atoms with Crippen molar-refractivity contribution < 1.29 is 9.90 Å². The topological polar surface area (TPSA) is 106 Å². The maximum atomic E-state index is 10.4. The van der Waals surface area contributed by atoms with Crippen LogP contribution in [0, 0.1) is 0 Å². The average molecular weight is 305 g/mol. The van der Waals surface area contributed by atoms with Gasteiger partial charge in [0, 0.05) is 12.0 Å². The van der Waals surface area contributed by atoms with E-state index in [0.717, 1.165) is 56.2 Å². The Balaban J connectivity index is 1.88. The molecule has 2 rings (SSSR count). The predicted octanol–water partition coefficient (Wildman–Crippen LogP) is 2.24. The number of fused-ring (bicyclic) bond motifs is 1. The highest BCUT2D eigenvalue weighted by Crippen LogP contribution is 2.20. The zero-order valence-electron chi connectivity index (χ0n) is 13.0. The highest BCUT2D eigenvalue weighted by Gasteiger charge is 2.12. The molecule has 0 fully saturated rings. The Morgan fingerprint density at radius 1 is 1.27 bits per heavy atom. The van der Waals surface area contributed by atoms with E-state index < -0.39 is 5.97 Å². The lowest BCUT2D eigenvalue weighted by molar-refractivity contribution is -0.137. The number of nitrogens with zero attached hydrogens (tertiary/aromatic N) is 4. The fourth-order valence-corrected chi connectivity index (χ4v) is 2.62. The quantitative estimate of drug-likeness (QED) is 0.688. The van der Waals surface area contributed by atoms with Gasteiger partial charge in [-0.1, -0.05) is 26.2 Å². The molecule has 0 aliphatic carbocycles. The number of carboxylic acid groups (broad SMARTS) is 1. The van der Waals surface area contributed by atoms with Crippen molar-refractivity contribution >= 4 is 17.6 Å². The van der Waals surface area contributed by atoms with E-state index in [4.69, 9.17) is 10.8 Å². The summed E-state index contributed by atoms with van der Waals surface area (Å²) >= 11 is 0. The fourth-order valence-electron chi connectivity index (χ4n) is 2.62. The van der Waals surface area contributed by atoms with Crippen molar-refractivity contribution in [2.24, 2.45) is 0 Å². The summed E-state index contributed by atoms with van der Waals surface area (Å²) < 4.78 is 1.58. The normalized spacial score (nSPS) is 11.1. The number of nitrogen functional groups attached to an aromatic ring is 1. The van der Waals surface area contributed by atoms with Gasteiger partial charge in [0.2, 0.25) is 0 Å². The molecule has 0 saturated heterocycles. The third-order valence-corrected chi connectivity index (χ3v) is 3.80. The van der Waals surface area contributed by atoms with Gasteiger partial charge in [-0.15, -0.1) is 0 Å². The number of nitrogens with two attached hydrogens (primary N) is 1. The van der Waals surface area contributed by atoms with Gasteiger partial charge in [0.05, 0.1) is 5.69 Å². The molecule has 0 aromatic carbocycles. The summed E-state index contributed by atoms with van der Waals surface area (Å²) in [5.41, 5.74) is 8.24. The molecule has 0 radical (unpaired) electrons. The molecule has 0 aliphatic rings. The van der Waals surface area contributed by atoms with E-state index in [-0.39, 0.29) is 6.42 Å². The van der Waals surface area contributed by atoms with Gasteiger partial charge in [-0.2, -0.15) is 14.6 Å². The van der Waals surface area contributed by atoms with Crippen molar-refractivity contribution in [2.45, 2.75) is 58.3 Å². The van der Waals surface area contributed by atoms with Gasteiger partial charge in [0.1, 0.15) is 12.1 Å². The van der Waals surface area contributed by atoms with Crippen LogP contribution in [0.1, 0.15) is 56.7 Å². The standard InChI is InChI=1S/C15H23N5O2/c1-2-12-11(8-6-4-3-5-7-9-13(21)22)14(16)20-15(19-12)17-10-18-20/h10H,2-9,16H2,1H3,(H,21,22). The molecule has 0 unspecified atom stereocenters. The maximum absolute atomic E-state index is 10.4. The first-order valence-electron chi connectivity index (χ1n) is 7.82. The Morgan fingerprint density at radius 3 is 2.73 bits per heavy atom. The van der Waals surface area contributed by atoms with Gasteiger partial charge in [0.15, 0.2) is 0 Å². The minimum Gasteiger partial charge on any atom is -0.481 e. The van der Waals surface area contributed by atoms with E-state index in [2.05, 4.69) is 22.0 Å². The molecule has 0 bridgehead atoms. The van der Waals surface area contributed by atoms with Gasteiger partial charge in [0.25, 0.3) is 5.78 Å². The van der Waals surface area contributed by atoms with Gasteiger partial charge in [-0.25, -0.2) is 4.98 Å². The molecule has 0 aliphatic heterocycles. The maximum Gasteiger partial charge on any atom is 0.303 e. The average Bonchev–Trinajstić information content (AvgIpc) is 2.96. The first kappa shape index (κ1) is 16.2. The fraction of sp³-hybridized carbons (Fsp3) is 0.600. The second kappa shape index (κ2) is 7.72. The number of aliphatic carboxylic acids is 1. The molecular weight excluding hydrogens is 282 g/mol. The van der Waals surface area contributed by atoms with Gasteiger partial charge < -0.3 is 10.8 Å². The molecule has 2 aromatic heterocycles. The van der Waals surface area contributed by atoms with Crippen molar-refractivity contribution in [3.8, 4) is 0 Å². The number of aryl methyl sites for hydroxylation is 1. The summed E-state index contributed by atoms with van der Waals surface area (Å²) in [5, 5.41) is 12.7. The lowest BCUT2D eigenvalue weighted by atomic mass is 10.0. The van der Waals surface area contributed by atoms with E-state index in [9.17, 15) is 4.79 Å². The Morgan fingerprint density at radius 2 is 2.00 bits per heavy atom. The number of hydrogen-bond donors (Lipinski definition) is 2. The number of rotatable bonds is 9. The monoisotopic (exact) mass is 305 g/mol. The number of anilines is 1. The molecule has 120 valence electrons. The van der Waals surface area contributed by atoms with Crippen LogP contribution in [0.4, 0.5) is 5.82 Å². The van der Waals surface area contributed by atoms with Crippen LogP contribution in [0.25, 0.3) is 5.78 Å². The smallest absolute Gasteiger partial charge is 0.303 e.